The summed E-state index contributed by atoms with van der Waals surface area (Å²) in [4.78, 5) is 28.0. The molecule has 9 N–H and O–H groups in total. The maximum atomic E-state index is 12.9. The maximum Gasteiger partial charge on any atom is 0.296 e. The lowest BCUT2D eigenvalue weighted by molar-refractivity contribution is 0.101. The zero-order valence-electron chi connectivity index (χ0n) is 26.0. The van der Waals surface area contributed by atoms with E-state index in [1.807, 2.05) is 0 Å². The molecule has 0 aliphatic rings. The molecule has 2 amide bonds. The number of nitrogen functional groups attached to an aromatic ring is 2. The minimum Gasteiger partial charge on any atom is -0.493 e. The number of anilines is 4. The van der Waals surface area contributed by atoms with Crippen molar-refractivity contribution in [1.82, 2.24) is 0 Å². The standard InChI is InChI=1S/C33H27N7O9S2/c34-22-7-1-19(2-8-22)31(41)36-24-11-5-21(6-12-24)33(43)38-26-14-16-28(30(18-26)51(47,48)49)40-39-27-15-13-25(17-29(27)50(44,45)46)37-32(42)20-3-9-23(35)10-4-20/h1-18H,34-35H2,(H,36,41)(H,37,42)(H,38,43)(H,44,45,46)(H,47,48,49). The fourth-order valence-corrected chi connectivity index (χ4v) is 5.72. The van der Waals surface area contributed by atoms with Crippen molar-refractivity contribution in [2.24, 2.45) is 15.2 Å². The number of rotatable bonds is 10. The van der Waals surface area contributed by atoms with E-state index < -0.39 is 53.2 Å². The first-order valence-corrected chi connectivity index (χ1v) is 17.3. The summed E-state index contributed by atoms with van der Waals surface area (Å²) in [7, 11) is -9.90. The molecule has 18 heteroatoms. The Bertz CT molecular complexity index is 2420. The van der Waals surface area contributed by atoms with Crippen LogP contribution in [0.4, 0.5) is 39.8 Å². The summed E-state index contributed by atoms with van der Waals surface area (Å²) >= 11 is 0. The number of hydrogen-bond acceptors (Lipinski definition) is 11. The van der Waals surface area contributed by atoms with E-state index in [2.05, 4.69) is 25.9 Å². The molecule has 51 heavy (non-hydrogen) atoms. The molecule has 0 saturated heterocycles. The average molecular weight is 730 g/mol. The van der Waals surface area contributed by atoms with E-state index in [1.54, 1.807) is 24.3 Å². The smallest absolute Gasteiger partial charge is 0.296 e. The average Bonchev–Trinajstić information content (AvgIpc) is 3.08. The molecule has 0 aliphatic heterocycles. The Labute approximate surface area is 290 Å². The SMILES string of the molecule is Nc1ccc(C(=O)Nc2ccc(N=Nc3ccc(NC(=O)c4ccc(N=C(O)c5ccc(N)cc5)cc4)cc3S(=O)(=O)O)c(S(=O)(=O)O)c2)cc1. The van der Waals surface area contributed by atoms with Crippen molar-refractivity contribution in [3.05, 3.63) is 126 Å². The van der Waals surface area contributed by atoms with Crippen LogP contribution in [0.15, 0.2) is 134 Å². The quantitative estimate of drug-likeness (QED) is 0.0292. The Kier molecular flexibility index (Phi) is 10.2. The number of hydrogen-bond donors (Lipinski definition) is 7. The van der Waals surface area contributed by atoms with Gasteiger partial charge in [0, 0.05) is 39.4 Å². The molecular weight excluding hydrogens is 703 g/mol. The predicted octanol–water partition coefficient (Wildman–Crippen LogP) is 5.90. The third-order valence-corrected chi connectivity index (χ3v) is 8.73. The second-order valence-corrected chi connectivity index (χ2v) is 13.4. The fraction of sp³-hybridized carbons (Fsp3) is 0. The minimum absolute atomic E-state index is 0.0270. The Morgan fingerprint density at radius 2 is 0.922 bits per heavy atom. The van der Waals surface area contributed by atoms with Gasteiger partial charge in [-0.3, -0.25) is 18.7 Å². The van der Waals surface area contributed by atoms with Crippen LogP contribution >= 0.6 is 0 Å². The Morgan fingerprint density at radius 3 is 1.31 bits per heavy atom. The summed E-state index contributed by atoms with van der Waals surface area (Å²) in [5.41, 5.74) is 12.4. The van der Waals surface area contributed by atoms with E-state index in [0.717, 1.165) is 24.3 Å². The van der Waals surface area contributed by atoms with Crippen LogP contribution in [0.1, 0.15) is 26.3 Å². The van der Waals surface area contributed by atoms with Gasteiger partial charge in [0.15, 0.2) is 0 Å². The van der Waals surface area contributed by atoms with Gasteiger partial charge in [-0.05, 0) is 109 Å². The van der Waals surface area contributed by atoms with Gasteiger partial charge in [0.25, 0.3) is 32.1 Å². The highest BCUT2D eigenvalue weighted by Gasteiger charge is 2.20. The summed E-state index contributed by atoms with van der Waals surface area (Å²) in [6.07, 6.45) is 0. The number of carbonyl (C=O) groups excluding carboxylic acids is 2. The third-order valence-electron chi connectivity index (χ3n) is 6.96. The summed E-state index contributed by atoms with van der Waals surface area (Å²) in [6.45, 7) is 0. The predicted molar refractivity (Wildman–Crippen MR) is 190 cm³/mol. The van der Waals surface area contributed by atoms with Gasteiger partial charge in [-0.2, -0.15) is 16.8 Å². The van der Waals surface area contributed by atoms with E-state index in [4.69, 9.17) is 11.5 Å². The van der Waals surface area contributed by atoms with Crippen molar-refractivity contribution in [3.8, 4) is 0 Å². The molecule has 0 spiro atoms. The number of nitrogens with zero attached hydrogens (tertiary/aromatic N) is 3. The summed E-state index contributed by atoms with van der Waals surface area (Å²) in [5, 5.41) is 22.8. The summed E-state index contributed by atoms with van der Waals surface area (Å²) < 4.78 is 68.5. The van der Waals surface area contributed by atoms with Crippen molar-refractivity contribution < 1.29 is 40.6 Å². The van der Waals surface area contributed by atoms with Crippen LogP contribution in [0.3, 0.4) is 0 Å². The lowest BCUT2D eigenvalue weighted by atomic mass is 10.1. The van der Waals surface area contributed by atoms with Crippen LogP contribution in [0.5, 0.6) is 0 Å². The third kappa shape index (κ3) is 9.16. The molecule has 5 aromatic carbocycles. The number of aliphatic hydroxyl groups is 1. The summed E-state index contributed by atoms with van der Waals surface area (Å²) in [6, 6.07) is 24.6. The number of azo groups is 1. The Balaban J connectivity index is 1.34. The second kappa shape index (κ2) is 14.6. The van der Waals surface area contributed by atoms with Gasteiger partial charge < -0.3 is 27.2 Å². The van der Waals surface area contributed by atoms with E-state index in [0.29, 0.717) is 22.6 Å². The molecule has 5 aromatic rings. The van der Waals surface area contributed by atoms with E-state index >= 15 is 0 Å². The largest absolute Gasteiger partial charge is 0.493 e. The number of aliphatic imine (C=N–C) groups is 1. The normalized spacial score (nSPS) is 12.1. The number of benzene rings is 5. The first-order chi connectivity index (χ1) is 24.1. The number of nitrogens with one attached hydrogen (secondary N) is 2. The van der Waals surface area contributed by atoms with Crippen molar-refractivity contribution in [3.63, 3.8) is 0 Å². The molecule has 260 valence electrons. The van der Waals surface area contributed by atoms with Crippen LogP contribution in [-0.4, -0.2) is 48.8 Å². The van der Waals surface area contributed by atoms with Crippen molar-refractivity contribution in [2.45, 2.75) is 9.79 Å². The molecule has 0 atom stereocenters. The Morgan fingerprint density at radius 1 is 0.549 bits per heavy atom. The van der Waals surface area contributed by atoms with Gasteiger partial charge in [0.05, 0.1) is 5.69 Å². The molecule has 0 bridgehead atoms. The van der Waals surface area contributed by atoms with Gasteiger partial charge in [-0.1, -0.05) is 0 Å². The van der Waals surface area contributed by atoms with E-state index in [9.17, 15) is 40.6 Å². The molecule has 0 heterocycles. The van der Waals surface area contributed by atoms with Crippen molar-refractivity contribution >= 4 is 77.8 Å². The van der Waals surface area contributed by atoms with E-state index in [1.165, 1.54) is 60.7 Å². The molecule has 0 aromatic heterocycles. The topological polar surface area (TPSA) is 276 Å². The van der Waals surface area contributed by atoms with Crippen LogP contribution in [0.2, 0.25) is 0 Å². The number of carbonyl (C=O) groups is 2. The van der Waals surface area contributed by atoms with Gasteiger partial charge in [0.1, 0.15) is 21.2 Å². The first-order valence-electron chi connectivity index (χ1n) is 14.4. The van der Waals surface area contributed by atoms with Crippen molar-refractivity contribution in [1.29, 1.82) is 0 Å². The minimum atomic E-state index is -4.96. The van der Waals surface area contributed by atoms with Gasteiger partial charge >= 0.3 is 0 Å². The summed E-state index contributed by atoms with van der Waals surface area (Å²) in [5.74, 6) is -1.54. The zero-order valence-corrected chi connectivity index (χ0v) is 27.6. The highest BCUT2D eigenvalue weighted by Crippen LogP contribution is 2.33. The van der Waals surface area contributed by atoms with Gasteiger partial charge in [0.2, 0.25) is 5.90 Å². The van der Waals surface area contributed by atoms with Gasteiger partial charge in [-0.25, -0.2) is 4.99 Å². The fourth-order valence-electron chi connectivity index (χ4n) is 4.42. The van der Waals surface area contributed by atoms with Crippen LogP contribution in [0.25, 0.3) is 0 Å². The second-order valence-electron chi connectivity index (χ2n) is 10.6. The van der Waals surface area contributed by atoms with Crippen LogP contribution in [-0.2, 0) is 20.2 Å². The highest BCUT2D eigenvalue weighted by molar-refractivity contribution is 7.86. The lowest BCUT2D eigenvalue weighted by Gasteiger charge is -2.10. The number of nitrogens with two attached hydrogens (primary N) is 2. The Hall–Kier alpha value is -6.47. The molecule has 0 radical (unpaired) electrons. The van der Waals surface area contributed by atoms with E-state index in [-0.39, 0.29) is 28.4 Å². The monoisotopic (exact) mass is 729 g/mol. The van der Waals surface area contributed by atoms with Gasteiger partial charge in [-0.15, -0.1) is 10.2 Å². The number of amides is 2. The van der Waals surface area contributed by atoms with Crippen molar-refractivity contribution in [2.75, 3.05) is 22.1 Å². The molecule has 0 saturated carbocycles. The van der Waals surface area contributed by atoms with Crippen LogP contribution in [0, 0.1) is 0 Å². The molecule has 0 fully saturated rings. The zero-order chi connectivity index (χ0) is 36.9. The molecule has 0 unspecified atom stereocenters. The molecular formula is C33H27N7O9S2. The highest BCUT2D eigenvalue weighted by atomic mass is 32.2. The van der Waals surface area contributed by atoms with Crippen LogP contribution < -0.4 is 22.1 Å². The first kappa shape index (κ1) is 35.8. The maximum absolute atomic E-state index is 12.9. The molecule has 0 aliphatic carbocycles. The lowest BCUT2D eigenvalue weighted by Crippen LogP contribution is -2.12. The molecule has 16 nitrogen and oxygen atoms in total. The molecule has 5 rings (SSSR count). The number of aliphatic hydroxyl groups excluding tert-OH is 1.